The SMILES string of the molecule is CNCc1cnc(Oc2cccc3c2OC(C)(C)C3)cn1. The van der Waals surface area contributed by atoms with Gasteiger partial charge < -0.3 is 14.8 Å². The molecule has 0 amide bonds. The number of nitrogens with one attached hydrogen (secondary N) is 1. The summed E-state index contributed by atoms with van der Waals surface area (Å²) in [6.45, 7) is 4.83. The highest BCUT2D eigenvalue weighted by Gasteiger charge is 2.32. The zero-order valence-electron chi connectivity index (χ0n) is 12.5. The van der Waals surface area contributed by atoms with Crippen molar-refractivity contribution in [2.45, 2.75) is 32.4 Å². The maximum Gasteiger partial charge on any atom is 0.238 e. The highest BCUT2D eigenvalue weighted by atomic mass is 16.5. The fourth-order valence-electron chi connectivity index (χ4n) is 2.45. The van der Waals surface area contributed by atoms with Crippen molar-refractivity contribution in [3.05, 3.63) is 41.9 Å². The molecule has 1 N–H and O–H groups in total. The van der Waals surface area contributed by atoms with Gasteiger partial charge in [-0.1, -0.05) is 12.1 Å². The third-order valence-corrected chi connectivity index (χ3v) is 3.31. The molecule has 0 radical (unpaired) electrons. The smallest absolute Gasteiger partial charge is 0.238 e. The molecule has 1 aliphatic rings. The third-order valence-electron chi connectivity index (χ3n) is 3.31. The number of rotatable bonds is 4. The quantitative estimate of drug-likeness (QED) is 0.936. The van der Waals surface area contributed by atoms with E-state index in [9.17, 15) is 0 Å². The molecular weight excluding hydrogens is 266 g/mol. The lowest BCUT2D eigenvalue weighted by atomic mass is 10.0. The molecule has 3 rings (SSSR count). The van der Waals surface area contributed by atoms with Crippen LogP contribution in [0.3, 0.4) is 0 Å². The van der Waals surface area contributed by atoms with Gasteiger partial charge >= 0.3 is 0 Å². The number of benzene rings is 1. The van der Waals surface area contributed by atoms with Gasteiger partial charge in [-0.15, -0.1) is 0 Å². The van der Waals surface area contributed by atoms with Crippen LogP contribution in [0.1, 0.15) is 25.1 Å². The molecule has 0 bridgehead atoms. The summed E-state index contributed by atoms with van der Waals surface area (Å²) in [5.74, 6) is 1.97. The highest BCUT2D eigenvalue weighted by molar-refractivity contribution is 5.51. The molecule has 0 fully saturated rings. The zero-order chi connectivity index (χ0) is 14.9. The van der Waals surface area contributed by atoms with Crippen molar-refractivity contribution in [2.24, 2.45) is 0 Å². The monoisotopic (exact) mass is 285 g/mol. The average Bonchev–Trinajstić information content (AvgIpc) is 2.76. The molecule has 2 aromatic rings. The Labute approximate surface area is 124 Å². The van der Waals surface area contributed by atoms with Crippen molar-refractivity contribution in [1.82, 2.24) is 15.3 Å². The lowest BCUT2D eigenvalue weighted by Gasteiger charge is -2.18. The molecule has 110 valence electrons. The molecule has 0 atom stereocenters. The molecule has 0 saturated carbocycles. The molecule has 0 spiro atoms. The zero-order valence-corrected chi connectivity index (χ0v) is 12.5. The minimum atomic E-state index is -0.190. The Bertz CT molecular complexity index is 638. The fourth-order valence-corrected chi connectivity index (χ4v) is 2.45. The summed E-state index contributed by atoms with van der Waals surface area (Å²) in [5, 5.41) is 3.03. The molecule has 1 aromatic heterocycles. The topological polar surface area (TPSA) is 56.3 Å². The minimum Gasteiger partial charge on any atom is -0.483 e. The van der Waals surface area contributed by atoms with Crippen LogP contribution in [0.4, 0.5) is 0 Å². The summed E-state index contributed by atoms with van der Waals surface area (Å²) >= 11 is 0. The van der Waals surface area contributed by atoms with E-state index in [1.54, 1.807) is 12.4 Å². The van der Waals surface area contributed by atoms with E-state index < -0.39 is 0 Å². The van der Waals surface area contributed by atoms with Crippen molar-refractivity contribution < 1.29 is 9.47 Å². The Morgan fingerprint density at radius 2 is 2.14 bits per heavy atom. The molecule has 5 nitrogen and oxygen atoms in total. The normalized spacial score (nSPS) is 15.4. The van der Waals surface area contributed by atoms with E-state index >= 15 is 0 Å². The van der Waals surface area contributed by atoms with Gasteiger partial charge in [0.2, 0.25) is 5.88 Å². The molecular formula is C16H19N3O2. The van der Waals surface area contributed by atoms with Crippen LogP contribution in [-0.4, -0.2) is 22.6 Å². The van der Waals surface area contributed by atoms with E-state index in [4.69, 9.17) is 9.47 Å². The van der Waals surface area contributed by atoms with Gasteiger partial charge in [-0.3, -0.25) is 4.98 Å². The van der Waals surface area contributed by atoms with E-state index in [1.807, 2.05) is 19.2 Å². The van der Waals surface area contributed by atoms with E-state index in [0.717, 1.165) is 23.4 Å². The van der Waals surface area contributed by atoms with E-state index in [2.05, 4.69) is 35.2 Å². The number of para-hydroxylation sites is 1. The van der Waals surface area contributed by atoms with E-state index in [1.165, 1.54) is 0 Å². The van der Waals surface area contributed by atoms with Gasteiger partial charge in [-0.25, -0.2) is 4.98 Å². The van der Waals surface area contributed by atoms with Crippen molar-refractivity contribution in [3.8, 4) is 17.4 Å². The summed E-state index contributed by atoms with van der Waals surface area (Å²) in [6, 6.07) is 5.93. The van der Waals surface area contributed by atoms with Gasteiger partial charge in [0, 0.05) is 18.5 Å². The fraction of sp³-hybridized carbons (Fsp3) is 0.375. The summed E-state index contributed by atoms with van der Waals surface area (Å²) < 4.78 is 11.8. The summed E-state index contributed by atoms with van der Waals surface area (Å²) in [5.41, 5.74) is 1.85. The second-order valence-electron chi connectivity index (χ2n) is 5.76. The van der Waals surface area contributed by atoms with Gasteiger partial charge in [0.05, 0.1) is 18.1 Å². The van der Waals surface area contributed by atoms with Gasteiger partial charge in [0.25, 0.3) is 0 Å². The summed E-state index contributed by atoms with van der Waals surface area (Å²) in [6.07, 6.45) is 4.22. The molecule has 5 heteroatoms. The Kier molecular flexibility index (Phi) is 3.51. The first-order valence-corrected chi connectivity index (χ1v) is 7.02. The summed E-state index contributed by atoms with van der Waals surface area (Å²) in [4.78, 5) is 8.57. The Morgan fingerprint density at radius 3 is 2.86 bits per heavy atom. The van der Waals surface area contributed by atoms with Crippen LogP contribution in [0, 0.1) is 0 Å². The number of hydrogen-bond acceptors (Lipinski definition) is 5. The second-order valence-corrected chi connectivity index (χ2v) is 5.76. The standard InChI is InChI=1S/C16H19N3O2/c1-16(2)7-11-5-4-6-13(15(11)21-16)20-14-10-18-12(8-17-3)9-19-14/h4-6,9-10,17H,7-8H2,1-3H3. The lowest BCUT2D eigenvalue weighted by Crippen LogP contribution is -2.24. The minimum absolute atomic E-state index is 0.190. The van der Waals surface area contributed by atoms with Gasteiger partial charge in [0.1, 0.15) is 5.60 Å². The van der Waals surface area contributed by atoms with Crippen LogP contribution in [0.25, 0.3) is 0 Å². The Hall–Kier alpha value is -2.14. The maximum atomic E-state index is 5.98. The second kappa shape index (κ2) is 5.33. The summed E-state index contributed by atoms with van der Waals surface area (Å²) in [7, 11) is 1.87. The lowest BCUT2D eigenvalue weighted by molar-refractivity contribution is 0.135. The third kappa shape index (κ3) is 2.97. The van der Waals surface area contributed by atoms with Crippen LogP contribution < -0.4 is 14.8 Å². The van der Waals surface area contributed by atoms with Crippen molar-refractivity contribution >= 4 is 0 Å². The van der Waals surface area contributed by atoms with E-state index in [0.29, 0.717) is 18.2 Å². The first-order valence-electron chi connectivity index (χ1n) is 7.02. The molecule has 1 aliphatic heterocycles. The highest BCUT2D eigenvalue weighted by Crippen LogP contribution is 2.42. The Balaban J connectivity index is 1.82. The van der Waals surface area contributed by atoms with Crippen molar-refractivity contribution in [2.75, 3.05) is 7.05 Å². The molecule has 0 unspecified atom stereocenters. The van der Waals surface area contributed by atoms with Crippen LogP contribution in [0.15, 0.2) is 30.6 Å². The van der Waals surface area contributed by atoms with Crippen LogP contribution >= 0.6 is 0 Å². The number of hydrogen-bond donors (Lipinski definition) is 1. The number of nitrogens with zero attached hydrogens (tertiary/aromatic N) is 2. The van der Waals surface area contributed by atoms with Crippen molar-refractivity contribution in [3.63, 3.8) is 0 Å². The maximum absolute atomic E-state index is 5.98. The Morgan fingerprint density at radius 1 is 1.29 bits per heavy atom. The molecule has 1 aromatic carbocycles. The molecule has 0 aliphatic carbocycles. The van der Waals surface area contributed by atoms with Gasteiger partial charge in [0.15, 0.2) is 11.5 Å². The van der Waals surface area contributed by atoms with Gasteiger partial charge in [-0.05, 0) is 27.0 Å². The number of ether oxygens (including phenoxy) is 2. The van der Waals surface area contributed by atoms with Crippen LogP contribution in [0.5, 0.6) is 17.4 Å². The van der Waals surface area contributed by atoms with Crippen LogP contribution in [0.2, 0.25) is 0 Å². The first-order chi connectivity index (χ1) is 10.1. The van der Waals surface area contributed by atoms with E-state index in [-0.39, 0.29) is 5.60 Å². The average molecular weight is 285 g/mol. The van der Waals surface area contributed by atoms with Crippen molar-refractivity contribution in [1.29, 1.82) is 0 Å². The molecule has 21 heavy (non-hydrogen) atoms. The predicted molar refractivity (Wildman–Crippen MR) is 79.7 cm³/mol. The number of fused-ring (bicyclic) bond motifs is 1. The van der Waals surface area contributed by atoms with Gasteiger partial charge in [-0.2, -0.15) is 0 Å². The first kappa shape index (κ1) is 13.8. The predicted octanol–water partition coefficient (Wildman–Crippen LogP) is 2.70. The number of aromatic nitrogens is 2. The molecule has 0 saturated heterocycles. The molecule has 2 heterocycles. The van der Waals surface area contributed by atoms with Crippen LogP contribution in [-0.2, 0) is 13.0 Å². The largest absolute Gasteiger partial charge is 0.483 e.